The van der Waals surface area contributed by atoms with E-state index in [4.69, 9.17) is 4.42 Å². The van der Waals surface area contributed by atoms with Crippen LogP contribution in [0.4, 0.5) is 6.01 Å². The molecule has 2 aromatic rings. The van der Waals surface area contributed by atoms with Crippen LogP contribution < -0.4 is 5.32 Å². The summed E-state index contributed by atoms with van der Waals surface area (Å²) in [6.45, 7) is 0.897. The summed E-state index contributed by atoms with van der Waals surface area (Å²) in [5.74, 6) is 1.98. The molecule has 2 aromatic heterocycles. The van der Waals surface area contributed by atoms with Gasteiger partial charge in [0.2, 0.25) is 0 Å². The third kappa shape index (κ3) is 2.75. The Balaban J connectivity index is 1.35. The van der Waals surface area contributed by atoms with Gasteiger partial charge in [-0.1, -0.05) is 6.42 Å². The fraction of sp³-hybridized carbons (Fsp3) is 0.625. The van der Waals surface area contributed by atoms with Crippen LogP contribution >= 0.6 is 0 Å². The smallest absolute Gasteiger partial charge is 0.295 e. The first kappa shape index (κ1) is 13.8. The minimum absolute atomic E-state index is 0.0152. The van der Waals surface area contributed by atoms with Gasteiger partial charge in [0.15, 0.2) is 0 Å². The van der Waals surface area contributed by atoms with Crippen LogP contribution in [-0.4, -0.2) is 31.8 Å². The molecule has 0 amide bonds. The van der Waals surface area contributed by atoms with Crippen LogP contribution in [0.1, 0.15) is 43.8 Å². The predicted octanol–water partition coefficient (Wildman–Crippen LogP) is 2.39. The van der Waals surface area contributed by atoms with Crippen molar-refractivity contribution in [2.75, 3.05) is 5.32 Å². The number of nitrogens with one attached hydrogen (secondary N) is 1. The van der Waals surface area contributed by atoms with Gasteiger partial charge in [0, 0.05) is 24.9 Å². The number of anilines is 1. The van der Waals surface area contributed by atoms with Crippen LogP contribution in [0.2, 0.25) is 0 Å². The molecule has 2 N–H and O–H groups in total. The first-order valence-corrected chi connectivity index (χ1v) is 8.14. The second kappa shape index (κ2) is 5.76. The Hall–Kier alpha value is -1.82. The van der Waals surface area contributed by atoms with Gasteiger partial charge in [0.05, 0.1) is 24.7 Å². The lowest BCUT2D eigenvalue weighted by Gasteiger charge is -2.22. The van der Waals surface area contributed by atoms with Gasteiger partial charge in [-0.2, -0.15) is 0 Å². The molecule has 0 aliphatic heterocycles. The molecule has 0 aromatic carbocycles. The van der Waals surface area contributed by atoms with Gasteiger partial charge in [-0.05, 0) is 31.6 Å². The number of nitrogens with zero attached hydrogens (tertiary/aromatic N) is 3. The van der Waals surface area contributed by atoms with E-state index in [-0.39, 0.29) is 12.1 Å². The van der Waals surface area contributed by atoms with Gasteiger partial charge in [-0.3, -0.25) is 0 Å². The van der Waals surface area contributed by atoms with E-state index in [9.17, 15) is 5.11 Å². The fourth-order valence-electron chi connectivity index (χ4n) is 3.51. The lowest BCUT2D eigenvalue weighted by molar-refractivity contribution is 0.165. The second-order valence-corrected chi connectivity index (χ2v) is 6.61. The molecular formula is C16H22N4O2. The van der Waals surface area contributed by atoms with E-state index in [2.05, 4.69) is 19.9 Å². The Labute approximate surface area is 129 Å². The maximum absolute atomic E-state index is 10.3. The molecule has 2 aliphatic carbocycles. The summed E-state index contributed by atoms with van der Waals surface area (Å²) in [4.78, 5) is 8.38. The number of hydrogen-bond acceptors (Lipinski definition) is 5. The van der Waals surface area contributed by atoms with E-state index in [1.165, 1.54) is 19.3 Å². The highest BCUT2D eigenvalue weighted by atomic mass is 16.4. The van der Waals surface area contributed by atoms with Crippen molar-refractivity contribution in [1.82, 2.24) is 14.5 Å². The molecule has 2 heterocycles. The molecule has 118 valence electrons. The van der Waals surface area contributed by atoms with Crippen molar-refractivity contribution in [2.24, 2.45) is 5.92 Å². The maximum Gasteiger partial charge on any atom is 0.295 e. The predicted molar refractivity (Wildman–Crippen MR) is 81.5 cm³/mol. The van der Waals surface area contributed by atoms with Crippen LogP contribution in [0.25, 0.3) is 0 Å². The Morgan fingerprint density at radius 3 is 3.00 bits per heavy atom. The van der Waals surface area contributed by atoms with Crippen LogP contribution in [0.3, 0.4) is 0 Å². The Morgan fingerprint density at radius 2 is 2.27 bits per heavy atom. The molecule has 0 spiro atoms. The number of rotatable bonds is 5. The highest BCUT2D eigenvalue weighted by Gasteiger charge is 2.34. The third-order valence-corrected chi connectivity index (χ3v) is 4.99. The van der Waals surface area contributed by atoms with E-state index in [0.717, 1.165) is 25.1 Å². The number of oxazole rings is 1. The van der Waals surface area contributed by atoms with Crippen LogP contribution in [-0.2, 0) is 6.54 Å². The normalized spacial score (nSPS) is 28.7. The largest absolute Gasteiger partial charge is 0.428 e. The highest BCUT2D eigenvalue weighted by molar-refractivity contribution is 5.25. The van der Waals surface area contributed by atoms with Gasteiger partial charge in [-0.25, -0.2) is 9.97 Å². The van der Waals surface area contributed by atoms with E-state index < -0.39 is 0 Å². The summed E-state index contributed by atoms with van der Waals surface area (Å²) in [7, 11) is 0. The molecule has 0 bridgehead atoms. The van der Waals surface area contributed by atoms with Crippen molar-refractivity contribution in [3.8, 4) is 0 Å². The fourth-order valence-corrected chi connectivity index (χ4v) is 3.51. The number of aromatic nitrogens is 3. The molecule has 3 atom stereocenters. The average Bonchev–Trinajstić information content (AvgIpc) is 3.13. The summed E-state index contributed by atoms with van der Waals surface area (Å²) in [6.07, 6.45) is 12.5. The number of aliphatic hydroxyl groups excluding tert-OH is 1. The molecule has 6 nitrogen and oxygen atoms in total. The van der Waals surface area contributed by atoms with Gasteiger partial charge < -0.3 is 19.4 Å². The molecule has 1 unspecified atom stereocenters. The number of hydrogen-bond donors (Lipinski definition) is 2. The molecule has 2 fully saturated rings. The summed E-state index contributed by atoms with van der Waals surface area (Å²) < 4.78 is 7.86. The van der Waals surface area contributed by atoms with Crippen molar-refractivity contribution in [3.05, 3.63) is 30.7 Å². The van der Waals surface area contributed by atoms with E-state index >= 15 is 0 Å². The van der Waals surface area contributed by atoms with Crippen LogP contribution in [0.15, 0.2) is 29.3 Å². The van der Waals surface area contributed by atoms with Crippen molar-refractivity contribution < 1.29 is 9.52 Å². The quantitative estimate of drug-likeness (QED) is 0.887. The monoisotopic (exact) mass is 302 g/mol. The summed E-state index contributed by atoms with van der Waals surface area (Å²) in [5.41, 5.74) is 0. The lowest BCUT2D eigenvalue weighted by Crippen LogP contribution is -2.28. The van der Waals surface area contributed by atoms with E-state index in [0.29, 0.717) is 17.9 Å². The summed E-state index contributed by atoms with van der Waals surface area (Å²) in [5, 5.41) is 13.5. The standard InChI is InChI=1S/C16H22N4O2/c21-14-7-11(9-20-5-4-17-10-20)6-13(14)19-16-18-8-15(22-16)12-2-1-3-12/h4-5,8,10-14,21H,1-3,6-7,9H2,(H,18,19)/t11?,13-,14-/m1/s1. The summed E-state index contributed by atoms with van der Waals surface area (Å²) >= 11 is 0. The zero-order valence-corrected chi connectivity index (χ0v) is 12.6. The molecule has 4 rings (SSSR count). The van der Waals surface area contributed by atoms with Crippen molar-refractivity contribution in [2.45, 2.75) is 56.7 Å². The first-order valence-electron chi connectivity index (χ1n) is 8.14. The summed E-state index contributed by atoms with van der Waals surface area (Å²) in [6, 6.07) is 0.565. The molecule has 6 heteroatoms. The van der Waals surface area contributed by atoms with Gasteiger partial charge in [-0.15, -0.1) is 0 Å². The van der Waals surface area contributed by atoms with Gasteiger partial charge >= 0.3 is 0 Å². The van der Waals surface area contributed by atoms with Gasteiger partial charge in [0.25, 0.3) is 6.01 Å². The number of imidazole rings is 1. The minimum atomic E-state index is -0.354. The Morgan fingerprint density at radius 1 is 1.36 bits per heavy atom. The Bertz CT molecular complexity index is 605. The van der Waals surface area contributed by atoms with Crippen molar-refractivity contribution >= 4 is 6.01 Å². The van der Waals surface area contributed by atoms with Crippen LogP contribution in [0.5, 0.6) is 0 Å². The zero-order chi connectivity index (χ0) is 14.9. The SMILES string of the molecule is O[C@@H]1CC(Cn2ccnc2)C[C@H]1Nc1ncc(C2CCC2)o1. The van der Waals surface area contributed by atoms with E-state index in [1.54, 1.807) is 6.20 Å². The topological polar surface area (TPSA) is 76.1 Å². The Kier molecular flexibility index (Phi) is 3.62. The molecular weight excluding hydrogens is 280 g/mol. The van der Waals surface area contributed by atoms with E-state index in [1.807, 2.05) is 18.7 Å². The molecule has 2 aliphatic rings. The third-order valence-electron chi connectivity index (χ3n) is 4.99. The molecule has 22 heavy (non-hydrogen) atoms. The second-order valence-electron chi connectivity index (χ2n) is 6.61. The van der Waals surface area contributed by atoms with Crippen LogP contribution in [0, 0.1) is 5.92 Å². The highest BCUT2D eigenvalue weighted by Crippen LogP contribution is 2.37. The zero-order valence-electron chi connectivity index (χ0n) is 12.6. The van der Waals surface area contributed by atoms with Gasteiger partial charge in [0.1, 0.15) is 5.76 Å². The molecule has 0 saturated heterocycles. The molecule has 2 saturated carbocycles. The number of aliphatic hydroxyl groups is 1. The lowest BCUT2D eigenvalue weighted by atomic mass is 9.84. The maximum atomic E-state index is 10.3. The first-order chi connectivity index (χ1) is 10.8. The average molecular weight is 302 g/mol. The minimum Gasteiger partial charge on any atom is -0.428 e. The van der Waals surface area contributed by atoms with Crippen molar-refractivity contribution in [1.29, 1.82) is 0 Å². The molecule has 0 radical (unpaired) electrons. The van der Waals surface area contributed by atoms with Crippen molar-refractivity contribution in [3.63, 3.8) is 0 Å².